The number of carbonyl (C=O) groups excluding carboxylic acids is 2. The summed E-state index contributed by atoms with van der Waals surface area (Å²) in [4.78, 5) is 35.1. The lowest BCUT2D eigenvalue weighted by molar-refractivity contribution is -0.142. The second kappa shape index (κ2) is 27.8. The van der Waals surface area contributed by atoms with Crippen LogP contribution in [0, 0.1) is 11.3 Å². The van der Waals surface area contributed by atoms with Gasteiger partial charge in [-0.3, -0.25) is 4.79 Å². The molecule has 0 heterocycles. The zero-order chi connectivity index (χ0) is 33.8. The first-order chi connectivity index (χ1) is 21.7. The van der Waals surface area contributed by atoms with Crippen LogP contribution in [-0.4, -0.2) is 71.4 Å². The van der Waals surface area contributed by atoms with Crippen LogP contribution in [0.25, 0.3) is 0 Å². The summed E-state index contributed by atoms with van der Waals surface area (Å²) in [6, 6.07) is 6.74. The SMILES string of the molecule is CC(CO)(CO)CO.CCCCCCCCOC(=O)c1ccccc1C(=O)OCCCCCCCC.O=C(O)C1CCCCC1. The Balaban J connectivity index is 0.000000918. The minimum absolute atomic E-state index is 0.0289. The Morgan fingerprint density at radius 1 is 0.667 bits per heavy atom. The van der Waals surface area contributed by atoms with E-state index >= 15 is 0 Å². The third kappa shape index (κ3) is 21.0. The Kier molecular flexibility index (Phi) is 26.3. The molecule has 1 aromatic rings. The number of rotatable bonds is 20. The molecular weight excluding hydrogens is 576 g/mol. The van der Waals surface area contributed by atoms with Crippen molar-refractivity contribution in [1.82, 2.24) is 0 Å². The number of unbranched alkanes of at least 4 members (excludes halogenated alkanes) is 10. The van der Waals surface area contributed by atoms with Crippen molar-refractivity contribution in [2.45, 2.75) is 130 Å². The van der Waals surface area contributed by atoms with Crippen molar-refractivity contribution >= 4 is 17.9 Å². The van der Waals surface area contributed by atoms with Gasteiger partial charge in [0.05, 0.1) is 50.1 Å². The lowest BCUT2D eigenvalue weighted by Crippen LogP contribution is -2.29. The number of hydrogen-bond acceptors (Lipinski definition) is 8. The summed E-state index contributed by atoms with van der Waals surface area (Å²) in [6.45, 7) is 6.24. The van der Waals surface area contributed by atoms with Crippen molar-refractivity contribution < 1.29 is 44.3 Å². The highest BCUT2D eigenvalue weighted by Gasteiger charge is 2.21. The van der Waals surface area contributed by atoms with E-state index in [0.717, 1.165) is 51.4 Å². The van der Waals surface area contributed by atoms with Crippen molar-refractivity contribution in [3.63, 3.8) is 0 Å². The number of carbonyl (C=O) groups is 3. The van der Waals surface area contributed by atoms with Gasteiger partial charge in [-0.1, -0.05) is 116 Å². The summed E-state index contributed by atoms with van der Waals surface area (Å²) in [6.07, 6.45) is 18.9. The summed E-state index contributed by atoms with van der Waals surface area (Å²) >= 11 is 0. The number of aliphatic carboxylic acids is 1. The first-order valence-electron chi connectivity index (χ1n) is 17.2. The molecule has 0 unspecified atom stereocenters. The van der Waals surface area contributed by atoms with Crippen LogP contribution in [0.3, 0.4) is 0 Å². The number of esters is 2. The molecule has 0 aliphatic heterocycles. The maximum Gasteiger partial charge on any atom is 0.339 e. The van der Waals surface area contributed by atoms with Crippen molar-refractivity contribution in [1.29, 1.82) is 0 Å². The molecule has 260 valence electrons. The Labute approximate surface area is 271 Å². The number of aliphatic hydroxyl groups is 3. The molecule has 0 aromatic heterocycles. The van der Waals surface area contributed by atoms with Gasteiger partial charge in [0.1, 0.15) is 0 Å². The normalized spacial score (nSPS) is 13.1. The molecule has 0 radical (unpaired) electrons. The fourth-order valence-corrected chi connectivity index (χ4v) is 4.59. The minimum Gasteiger partial charge on any atom is -0.481 e. The van der Waals surface area contributed by atoms with Gasteiger partial charge in [-0.2, -0.15) is 0 Å². The number of benzene rings is 1. The summed E-state index contributed by atoms with van der Waals surface area (Å²) in [5.74, 6) is -1.52. The smallest absolute Gasteiger partial charge is 0.339 e. The summed E-state index contributed by atoms with van der Waals surface area (Å²) in [5, 5.41) is 33.9. The zero-order valence-corrected chi connectivity index (χ0v) is 28.3. The molecule has 0 amide bonds. The van der Waals surface area contributed by atoms with E-state index in [1.807, 2.05) is 0 Å². The number of aliphatic hydroxyl groups excluding tert-OH is 3. The first-order valence-corrected chi connectivity index (χ1v) is 17.2. The molecule has 1 aliphatic rings. The number of carboxylic acid groups (broad SMARTS) is 1. The third-order valence-electron chi connectivity index (χ3n) is 7.93. The molecule has 9 heteroatoms. The second-order valence-corrected chi connectivity index (χ2v) is 12.3. The van der Waals surface area contributed by atoms with Gasteiger partial charge in [0.25, 0.3) is 0 Å². The lowest BCUT2D eigenvalue weighted by Gasteiger charge is -2.20. The van der Waals surface area contributed by atoms with Crippen LogP contribution in [0.4, 0.5) is 0 Å². The van der Waals surface area contributed by atoms with Gasteiger partial charge in [-0.25, -0.2) is 9.59 Å². The number of carboxylic acids is 1. The molecule has 0 spiro atoms. The average Bonchev–Trinajstić information content (AvgIpc) is 3.07. The van der Waals surface area contributed by atoms with Crippen molar-refractivity contribution in [3.8, 4) is 0 Å². The standard InChI is InChI=1S/C24H38O4.C7H12O2.C5H12O3/c1-3-5-7-9-11-15-19-27-23(25)21-17-13-14-18-22(21)24(26)28-20-16-12-10-8-6-4-2;8-7(9)6-4-2-1-3-5-6;1-5(2-6,3-7)4-8/h13-14,17-18H,3-12,15-16,19-20H2,1-2H3;6H,1-5H2,(H,8,9);6-8H,2-4H2,1H3. The number of ether oxygens (including phenoxy) is 2. The Morgan fingerprint density at radius 3 is 1.36 bits per heavy atom. The van der Waals surface area contributed by atoms with Crippen molar-refractivity contribution in [2.75, 3.05) is 33.0 Å². The number of hydrogen-bond donors (Lipinski definition) is 4. The molecule has 1 aliphatic carbocycles. The topological polar surface area (TPSA) is 151 Å². The van der Waals surface area contributed by atoms with Crippen molar-refractivity contribution in [2.24, 2.45) is 11.3 Å². The molecule has 1 fully saturated rings. The van der Waals surface area contributed by atoms with Crippen molar-refractivity contribution in [3.05, 3.63) is 35.4 Å². The molecule has 1 aromatic carbocycles. The van der Waals surface area contributed by atoms with Gasteiger partial charge in [-0.15, -0.1) is 0 Å². The molecule has 1 saturated carbocycles. The van der Waals surface area contributed by atoms with Gasteiger partial charge in [0.15, 0.2) is 0 Å². The van der Waals surface area contributed by atoms with Crippen LogP contribution in [0.15, 0.2) is 24.3 Å². The quantitative estimate of drug-likeness (QED) is 0.0849. The fourth-order valence-electron chi connectivity index (χ4n) is 4.59. The predicted octanol–water partition coefficient (Wildman–Crippen LogP) is 7.34. The van der Waals surface area contributed by atoms with Crippen LogP contribution < -0.4 is 0 Å². The van der Waals surface area contributed by atoms with Gasteiger partial charge < -0.3 is 29.9 Å². The molecule has 0 bridgehead atoms. The van der Waals surface area contributed by atoms with Crippen LogP contribution >= 0.6 is 0 Å². The highest BCUT2D eigenvalue weighted by Crippen LogP contribution is 2.23. The largest absolute Gasteiger partial charge is 0.481 e. The highest BCUT2D eigenvalue weighted by atomic mass is 16.5. The van der Waals surface area contributed by atoms with Crippen LogP contribution in [-0.2, 0) is 14.3 Å². The highest BCUT2D eigenvalue weighted by molar-refractivity contribution is 6.03. The molecule has 45 heavy (non-hydrogen) atoms. The monoisotopic (exact) mass is 638 g/mol. The fraction of sp³-hybridized carbons (Fsp3) is 0.750. The summed E-state index contributed by atoms with van der Waals surface area (Å²) in [5.41, 5.74) is -0.122. The minimum atomic E-state index is -0.708. The molecular formula is C36H62O9. The van der Waals surface area contributed by atoms with E-state index in [2.05, 4.69) is 13.8 Å². The van der Waals surface area contributed by atoms with E-state index in [0.29, 0.717) is 24.3 Å². The van der Waals surface area contributed by atoms with E-state index < -0.39 is 23.3 Å². The van der Waals surface area contributed by atoms with Gasteiger partial charge >= 0.3 is 17.9 Å². The van der Waals surface area contributed by atoms with Crippen LogP contribution in [0.1, 0.15) is 151 Å². The summed E-state index contributed by atoms with van der Waals surface area (Å²) < 4.78 is 10.7. The molecule has 4 N–H and O–H groups in total. The molecule has 0 atom stereocenters. The van der Waals surface area contributed by atoms with E-state index in [1.54, 1.807) is 31.2 Å². The van der Waals surface area contributed by atoms with Gasteiger partial charge in [-0.05, 0) is 37.8 Å². The molecule has 2 rings (SSSR count). The first kappa shape index (κ1) is 42.5. The maximum atomic E-state index is 12.4. The van der Waals surface area contributed by atoms with Gasteiger partial charge in [0, 0.05) is 5.41 Å². The van der Waals surface area contributed by atoms with E-state index in [4.69, 9.17) is 29.9 Å². The van der Waals surface area contributed by atoms with Crippen LogP contribution in [0.2, 0.25) is 0 Å². The Bertz CT molecular complexity index is 835. The van der Waals surface area contributed by atoms with Crippen LogP contribution in [0.5, 0.6) is 0 Å². The molecule has 0 saturated heterocycles. The molecule has 9 nitrogen and oxygen atoms in total. The average molecular weight is 639 g/mol. The second-order valence-electron chi connectivity index (χ2n) is 12.3. The Hall–Kier alpha value is -2.49. The van der Waals surface area contributed by atoms with E-state index in [9.17, 15) is 14.4 Å². The van der Waals surface area contributed by atoms with Gasteiger partial charge in [0.2, 0.25) is 0 Å². The Morgan fingerprint density at radius 2 is 1.04 bits per heavy atom. The zero-order valence-electron chi connectivity index (χ0n) is 28.3. The summed E-state index contributed by atoms with van der Waals surface area (Å²) in [7, 11) is 0. The van der Waals surface area contributed by atoms with E-state index in [1.165, 1.54) is 57.8 Å². The third-order valence-corrected chi connectivity index (χ3v) is 7.93. The lowest BCUT2D eigenvalue weighted by atomic mass is 9.90. The van der Waals surface area contributed by atoms with E-state index in [-0.39, 0.29) is 25.7 Å². The maximum absolute atomic E-state index is 12.4. The predicted molar refractivity (Wildman–Crippen MR) is 177 cm³/mol.